The van der Waals surface area contributed by atoms with E-state index in [4.69, 9.17) is 16.2 Å². The number of halogens is 1. The summed E-state index contributed by atoms with van der Waals surface area (Å²) in [5.41, 5.74) is 4.63. The van der Waals surface area contributed by atoms with Crippen LogP contribution < -0.4 is 0 Å². The van der Waals surface area contributed by atoms with Gasteiger partial charge in [0.15, 0.2) is 0 Å². The van der Waals surface area contributed by atoms with Crippen molar-refractivity contribution in [1.29, 1.82) is 0 Å². The van der Waals surface area contributed by atoms with Crippen LogP contribution in [0.5, 0.6) is 0 Å². The smallest absolute Gasteiger partial charge is 0.282 e. The number of rotatable bonds is 3. The van der Waals surface area contributed by atoms with Crippen LogP contribution in [0, 0.1) is 0 Å². The van der Waals surface area contributed by atoms with Gasteiger partial charge >= 0.3 is 0 Å². The minimum atomic E-state index is -4.16. The van der Waals surface area contributed by atoms with Crippen molar-refractivity contribution in [1.82, 2.24) is 10.2 Å². The third kappa shape index (κ3) is 4.14. The second-order valence-corrected chi connectivity index (χ2v) is 7.45. The number of benzene rings is 1. The van der Waals surface area contributed by atoms with Gasteiger partial charge in [0.25, 0.3) is 10.1 Å². The highest BCUT2D eigenvalue weighted by atomic mass is 35.5. The Morgan fingerprint density at radius 3 is 2.58 bits per heavy atom. The first-order valence-corrected chi connectivity index (χ1v) is 9.50. The van der Waals surface area contributed by atoms with Crippen molar-refractivity contribution in [2.75, 3.05) is 0 Å². The maximum Gasteiger partial charge on any atom is 0.287 e. The number of allylic oxidation sites excluding steroid dienone is 1. The number of aromatic nitrogens is 2. The van der Waals surface area contributed by atoms with Crippen molar-refractivity contribution in [3.05, 3.63) is 57.2 Å². The molecular formula is C17H17ClN2O3S. The molecule has 0 fully saturated rings. The third-order valence-corrected chi connectivity index (χ3v) is 4.68. The molecule has 0 atom stereocenters. The molecule has 0 unspecified atom stereocenters. The van der Waals surface area contributed by atoms with E-state index in [9.17, 15) is 8.42 Å². The Balaban J connectivity index is 1.99. The Morgan fingerprint density at radius 1 is 1.17 bits per heavy atom. The van der Waals surface area contributed by atoms with E-state index in [0.29, 0.717) is 10.7 Å². The molecule has 5 nitrogen and oxygen atoms in total. The molecule has 126 valence electrons. The summed E-state index contributed by atoms with van der Waals surface area (Å²) in [6.45, 7) is 0. The summed E-state index contributed by atoms with van der Waals surface area (Å²) >= 11 is 5.92. The SMILES string of the molecule is O=S(=O)(O)/C=C/c1n[nH]c2c1CCCC/C2=C\c1ccc(Cl)cc1. The summed E-state index contributed by atoms with van der Waals surface area (Å²) in [7, 11) is -4.16. The summed E-state index contributed by atoms with van der Waals surface area (Å²) in [6, 6.07) is 7.60. The standard InChI is InChI=1S/C17H17ClN2O3S/c18-14-7-5-12(6-8-14)11-13-3-1-2-4-15-16(19-20-17(13)15)9-10-24(21,22)23/h5-11H,1-4H2,(H,19,20)(H,21,22,23)/b10-9+,13-11+. The van der Waals surface area contributed by atoms with E-state index in [0.717, 1.165) is 53.5 Å². The van der Waals surface area contributed by atoms with Crippen molar-refractivity contribution in [3.8, 4) is 0 Å². The molecule has 1 heterocycles. The van der Waals surface area contributed by atoms with Crippen LogP contribution in [-0.2, 0) is 16.5 Å². The minimum Gasteiger partial charge on any atom is -0.282 e. The lowest BCUT2D eigenvalue weighted by Gasteiger charge is -2.04. The molecule has 0 amide bonds. The lowest BCUT2D eigenvalue weighted by Crippen LogP contribution is -1.91. The zero-order valence-corrected chi connectivity index (χ0v) is 14.4. The van der Waals surface area contributed by atoms with Crippen LogP contribution in [0.4, 0.5) is 0 Å². The van der Waals surface area contributed by atoms with Crippen molar-refractivity contribution >= 4 is 39.4 Å². The summed E-state index contributed by atoms with van der Waals surface area (Å²) in [6.07, 6.45) is 7.19. The summed E-state index contributed by atoms with van der Waals surface area (Å²) in [4.78, 5) is 0. The van der Waals surface area contributed by atoms with Gasteiger partial charge in [-0.1, -0.05) is 23.7 Å². The largest absolute Gasteiger partial charge is 0.287 e. The van der Waals surface area contributed by atoms with E-state index in [-0.39, 0.29) is 0 Å². The monoisotopic (exact) mass is 364 g/mol. The van der Waals surface area contributed by atoms with Gasteiger partial charge in [-0.15, -0.1) is 0 Å². The fourth-order valence-electron chi connectivity index (χ4n) is 2.83. The average Bonchev–Trinajstić information content (AvgIpc) is 2.82. The lowest BCUT2D eigenvalue weighted by atomic mass is 10.0. The number of aromatic amines is 1. The van der Waals surface area contributed by atoms with E-state index in [2.05, 4.69) is 16.3 Å². The van der Waals surface area contributed by atoms with E-state index in [1.807, 2.05) is 24.3 Å². The van der Waals surface area contributed by atoms with Gasteiger partial charge in [-0.05, 0) is 61.1 Å². The number of nitrogens with one attached hydrogen (secondary N) is 1. The van der Waals surface area contributed by atoms with Crippen LogP contribution in [0.2, 0.25) is 5.02 Å². The number of fused-ring (bicyclic) bond motifs is 1. The van der Waals surface area contributed by atoms with Crippen LogP contribution in [-0.4, -0.2) is 23.2 Å². The van der Waals surface area contributed by atoms with E-state index in [1.165, 1.54) is 6.08 Å². The Labute approximate surface area is 145 Å². The van der Waals surface area contributed by atoms with Gasteiger partial charge in [-0.25, -0.2) is 0 Å². The maximum absolute atomic E-state index is 10.9. The van der Waals surface area contributed by atoms with Crippen molar-refractivity contribution in [2.45, 2.75) is 25.7 Å². The summed E-state index contributed by atoms with van der Waals surface area (Å²) in [5, 5.41) is 8.66. The molecule has 0 radical (unpaired) electrons. The predicted molar refractivity (Wildman–Crippen MR) is 96.0 cm³/mol. The zero-order valence-electron chi connectivity index (χ0n) is 12.9. The zero-order chi connectivity index (χ0) is 17.2. The number of hydrogen-bond donors (Lipinski definition) is 2. The molecule has 0 saturated heterocycles. The number of nitrogens with zero attached hydrogens (tertiary/aromatic N) is 1. The molecule has 1 aromatic heterocycles. The normalized spacial score (nSPS) is 17.2. The highest BCUT2D eigenvalue weighted by molar-refractivity contribution is 7.88. The molecule has 0 spiro atoms. The molecule has 24 heavy (non-hydrogen) atoms. The molecule has 3 rings (SSSR count). The van der Waals surface area contributed by atoms with Crippen LogP contribution in [0.25, 0.3) is 17.7 Å². The second-order valence-electron chi connectivity index (χ2n) is 5.71. The van der Waals surface area contributed by atoms with Crippen molar-refractivity contribution in [2.24, 2.45) is 0 Å². The Hall–Kier alpha value is -1.89. The molecule has 2 aromatic rings. The molecule has 1 aliphatic carbocycles. The van der Waals surface area contributed by atoms with Gasteiger partial charge < -0.3 is 0 Å². The Morgan fingerprint density at radius 2 is 1.88 bits per heavy atom. The Kier molecular flexibility index (Phi) is 4.89. The van der Waals surface area contributed by atoms with Crippen LogP contribution in [0.15, 0.2) is 29.7 Å². The predicted octanol–water partition coefficient (Wildman–Crippen LogP) is 4.19. The van der Waals surface area contributed by atoms with Gasteiger partial charge in [-0.2, -0.15) is 13.5 Å². The summed E-state index contributed by atoms with van der Waals surface area (Å²) < 4.78 is 30.7. The average molecular weight is 365 g/mol. The van der Waals surface area contributed by atoms with Crippen LogP contribution >= 0.6 is 11.6 Å². The van der Waals surface area contributed by atoms with Gasteiger partial charge in [0.2, 0.25) is 0 Å². The van der Waals surface area contributed by atoms with Gasteiger partial charge in [0, 0.05) is 10.6 Å². The molecule has 2 N–H and O–H groups in total. The number of H-pyrrole nitrogens is 1. The third-order valence-electron chi connectivity index (χ3n) is 3.95. The first-order valence-electron chi connectivity index (χ1n) is 7.62. The van der Waals surface area contributed by atoms with Gasteiger partial charge in [-0.3, -0.25) is 9.65 Å². The number of hydrogen-bond acceptors (Lipinski definition) is 3. The molecule has 1 aromatic carbocycles. The lowest BCUT2D eigenvalue weighted by molar-refractivity contribution is 0.494. The Bertz CT molecular complexity index is 896. The highest BCUT2D eigenvalue weighted by Crippen LogP contribution is 2.32. The first kappa shape index (κ1) is 17.0. The van der Waals surface area contributed by atoms with Crippen molar-refractivity contribution in [3.63, 3.8) is 0 Å². The van der Waals surface area contributed by atoms with Gasteiger partial charge in [0.1, 0.15) is 0 Å². The first-order chi connectivity index (χ1) is 11.4. The second kappa shape index (κ2) is 6.93. The van der Waals surface area contributed by atoms with E-state index in [1.54, 1.807) is 0 Å². The fourth-order valence-corrected chi connectivity index (χ4v) is 3.26. The van der Waals surface area contributed by atoms with E-state index >= 15 is 0 Å². The topological polar surface area (TPSA) is 83.1 Å². The molecule has 7 heteroatoms. The van der Waals surface area contributed by atoms with Crippen molar-refractivity contribution < 1.29 is 13.0 Å². The fraction of sp³-hybridized carbons (Fsp3) is 0.235. The molecule has 0 saturated carbocycles. The van der Waals surface area contributed by atoms with Gasteiger partial charge in [0.05, 0.1) is 16.8 Å². The van der Waals surface area contributed by atoms with E-state index < -0.39 is 10.1 Å². The minimum absolute atomic E-state index is 0.548. The van der Waals surface area contributed by atoms with Crippen LogP contribution in [0.3, 0.4) is 0 Å². The maximum atomic E-state index is 10.9. The molecular weight excluding hydrogens is 348 g/mol. The molecule has 1 aliphatic rings. The van der Waals surface area contributed by atoms with Crippen LogP contribution in [0.1, 0.15) is 41.8 Å². The summed E-state index contributed by atoms with van der Waals surface area (Å²) in [5.74, 6) is 0. The molecule has 0 bridgehead atoms. The quantitative estimate of drug-likeness (QED) is 0.632. The molecule has 0 aliphatic heterocycles. The highest BCUT2D eigenvalue weighted by Gasteiger charge is 2.18.